The van der Waals surface area contributed by atoms with Gasteiger partial charge in [-0.05, 0) is 51.2 Å². The van der Waals surface area contributed by atoms with Crippen molar-refractivity contribution >= 4 is 11.8 Å². The molecule has 2 N–H and O–H groups in total. The topological polar surface area (TPSA) is 90.7 Å². The largest absolute Gasteiger partial charge is 0.390 e. The van der Waals surface area contributed by atoms with E-state index < -0.39 is 17.7 Å². The van der Waals surface area contributed by atoms with E-state index in [1.54, 1.807) is 4.90 Å². The molecule has 0 aliphatic carbocycles. The maximum Gasteiger partial charge on any atom is 0.248 e. The molecule has 1 aromatic heterocycles. The molecule has 0 unspecified atom stereocenters. The minimum absolute atomic E-state index is 0.119. The molecule has 0 saturated carbocycles. The highest BCUT2D eigenvalue weighted by Crippen LogP contribution is 2.35. The van der Waals surface area contributed by atoms with E-state index in [-0.39, 0.29) is 17.7 Å². The summed E-state index contributed by atoms with van der Waals surface area (Å²) in [4.78, 5) is 31.2. The van der Waals surface area contributed by atoms with Gasteiger partial charge in [0.2, 0.25) is 11.8 Å². The SMILES string of the molecule is CCCCN1C(=O)[C@@H]([C@H](O)C(C)C)NC(=O)C12CCN(Cc1c(C)nn(-c3ccccc3)c1C)CC2. The number of para-hydroxylation sites is 1. The van der Waals surface area contributed by atoms with Crippen LogP contribution in [0.15, 0.2) is 30.3 Å². The van der Waals surface area contributed by atoms with Crippen LogP contribution in [0.4, 0.5) is 0 Å². The number of likely N-dealkylation sites (tertiary alicyclic amines) is 1. The molecule has 0 bridgehead atoms. The highest BCUT2D eigenvalue weighted by atomic mass is 16.3. The number of hydrogen-bond acceptors (Lipinski definition) is 5. The van der Waals surface area contributed by atoms with Gasteiger partial charge in [0.1, 0.15) is 11.6 Å². The second-order valence-electron chi connectivity index (χ2n) is 10.7. The highest BCUT2D eigenvalue weighted by molar-refractivity contribution is 6.00. The van der Waals surface area contributed by atoms with E-state index in [1.165, 1.54) is 5.56 Å². The maximum absolute atomic E-state index is 13.5. The van der Waals surface area contributed by atoms with E-state index >= 15 is 0 Å². The number of nitrogens with zero attached hydrogens (tertiary/aromatic N) is 4. The van der Waals surface area contributed by atoms with E-state index in [0.29, 0.717) is 19.4 Å². The van der Waals surface area contributed by atoms with Crippen LogP contribution >= 0.6 is 0 Å². The summed E-state index contributed by atoms with van der Waals surface area (Å²) in [6.45, 7) is 12.7. The van der Waals surface area contributed by atoms with Crippen LogP contribution in [0, 0.1) is 19.8 Å². The molecule has 2 aliphatic rings. The summed E-state index contributed by atoms with van der Waals surface area (Å²) in [7, 11) is 0. The minimum atomic E-state index is -0.893. The van der Waals surface area contributed by atoms with Gasteiger partial charge >= 0.3 is 0 Å². The number of benzene rings is 1. The van der Waals surface area contributed by atoms with Gasteiger partial charge in [-0.2, -0.15) is 5.10 Å². The first-order valence-corrected chi connectivity index (χ1v) is 13.3. The number of aliphatic hydroxyl groups excluding tert-OH is 1. The third-order valence-electron chi connectivity index (χ3n) is 8.02. The summed E-state index contributed by atoms with van der Waals surface area (Å²) < 4.78 is 2.00. The zero-order chi connectivity index (χ0) is 26.0. The highest BCUT2D eigenvalue weighted by Gasteiger charge is 2.54. The molecule has 2 amide bonds. The number of aliphatic hydroxyl groups is 1. The number of unbranched alkanes of at least 4 members (excludes halogenated alkanes) is 1. The van der Waals surface area contributed by atoms with Crippen LogP contribution < -0.4 is 5.32 Å². The van der Waals surface area contributed by atoms with Crippen LogP contribution in [0.25, 0.3) is 5.69 Å². The molecule has 0 radical (unpaired) electrons. The molecule has 1 spiro atoms. The Hall–Kier alpha value is -2.71. The molecular formula is C28H41N5O3. The third-order valence-corrected chi connectivity index (χ3v) is 8.02. The Kier molecular flexibility index (Phi) is 7.85. The molecule has 1 aromatic carbocycles. The standard InChI is InChI=1S/C28H41N5O3/c1-6-7-15-32-26(35)24(25(34)19(2)3)29-27(36)28(32)13-16-31(17-14-28)18-23-20(4)30-33(21(23)5)22-11-9-8-10-12-22/h8-12,19,24-25,34H,6-7,13-18H2,1-5H3,(H,29,36)/t24-,25-/m1/s1. The molecule has 2 fully saturated rings. The second kappa shape index (κ2) is 10.7. The van der Waals surface area contributed by atoms with Crippen molar-refractivity contribution in [1.82, 2.24) is 24.9 Å². The lowest BCUT2D eigenvalue weighted by atomic mass is 9.80. The zero-order valence-electron chi connectivity index (χ0n) is 22.3. The molecule has 2 aliphatic heterocycles. The lowest BCUT2D eigenvalue weighted by Crippen LogP contribution is -2.74. The number of piperidine rings is 1. The monoisotopic (exact) mass is 495 g/mol. The quantitative estimate of drug-likeness (QED) is 0.588. The number of carbonyl (C=O) groups excluding carboxylic acids is 2. The first-order valence-electron chi connectivity index (χ1n) is 13.3. The van der Waals surface area contributed by atoms with Crippen molar-refractivity contribution in [3.63, 3.8) is 0 Å². The Balaban J connectivity index is 1.51. The van der Waals surface area contributed by atoms with Crippen LogP contribution in [0.5, 0.6) is 0 Å². The number of amides is 2. The van der Waals surface area contributed by atoms with E-state index in [2.05, 4.69) is 36.2 Å². The molecule has 2 aromatic rings. The van der Waals surface area contributed by atoms with Gasteiger partial charge in [-0.25, -0.2) is 4.68 Å². The van der Waals surface area contributed by atoms with Crippen molar-refractivity contribution in [2.75, 3.05) is 19.6 Å². The van der Waals surface area contributed by atoms with E-state index in [9.17, 15) is 14.7 Å². The first kappa shape index (κ1) is 26.4. The number of nitrogens with one attached hydrogen (secondary N) is 1. The number of rotatable bonds is 8. The Morgan fingerprint density at radius 1 is 1.14 bits per heavy atom. The lowest BCUT2D eigenvalue weighted by molar-refractivity contribution is -0.165. The number of carbonyl (C=O) groups is 2. The normalized spacial score (nSPS) is 21.3. The first-order chi connectivity index (χ1) is 17.2. The van der Waals surface area contributed by atoms with E-state index in [4.69, 9.17) is 5.10 Å². The molecule has 2 atom stereocenters. The molecule has 3 heterocycles. The van der Waals surface area contributed by atoms with Crippen LogP contribution in [0.3, 0.4) is 0 Å². The molecule has 8 nitrogen and oxygen atoms in total. The second-order valence-corrected chi connectivity index (χ2v) is 10.7. The maximum atomic E-state index is 13.5. The Morgan fingerprint density at radius 2 is 1.81 bits per heavy atom. The summed E-state index contributed by atoms with van der Waals surface area (Å²) in [6, 6.07) is 9.28. The Labute approximate surface area is 214 Å². The van der Waals surface area contributed by atoms with Crippen molar-refractivity contribution in [2.24, 2.45) is 5.92 Å². The van der Waals surface area contributed by atoms with Gasteiger partial charge in [-0.3, -0.25) is 14.5 Å². The van der Waals surface area contributed by atoms with Gasteiger partial charge < -0.3 is 15.3 Å². The molecule has 2 saturated heterocycles. The third kappa shape index (κ3) is 4.81. The summed E-state index contributed by atoms with van der Waals surface area (Å²) in [5.74, 6) is -0.383. The minimum Gasteiger partial charge on any atom is -0.390 e. The molecular weight excluding hydrogens is 454 g/mol. The Morgan fingerprint density at radius 3 is 2.42 bits per heavy atom. The van der Waals surface area contributed by atoms with Crippen LogP contribution in [-0.4, -0.2) is 73.8 Å². The summed E-state index contributed by atoms with van der Waals surface area (Å²) in [6.07, 6.45) is 2.06. The zero-order valence-corrected chi connectivity index (χ0v) is 22.3. The lowest BCUT2D eigenvalue weighted by Gasteiger charge is -2.52. The predicted molar refractivity (Wildman–Crippen MR) is 140 cm³/mol. The summed E-state index contributed by atoms with van der Waals surface area (Å²) in [5.41, 5.74) is 3.55. The Bertz CT molecular complexity index is 1070. The van der Waals surface area contributed by atoms with Crippen LogP contribution in [0.1, 0.15) is 63.4 Å². The number of aryl methyl sites for hydroxylation is 1. The van der Waals surface area contributed by atoms with Gasteiger partial charge in [-0.15, -0.1) is 0 Å². The van der Waals surface area contributed by atoms with E-state index in [0.717, 1.165) is 49.6 Å². The van der Waals surface area contributed by atoms with E-state index in [1.807, 2.05) is 43.7 Å². The van der Waals surface area contributed by atoms with Gasteiger partial charge in [0.25, 0.3) is 0 Å². The van der Waals surface area contributed by atoms with Crippen molar-refractivity contribution in [3.8, 4) is 5.69 Å². The van der Waals surface area contributed by atoms with Gasteiger partial charge in [0, 0.05) is 37.4 Å². The molecule has 8 heteroatoms. The average Bonchev–Trinajstić information content (AvgIpc) is 3.15. The molecule has 36 heavy (non-hydrogen) atoms. The number of piperazine rings is 1. The van der Waals surface area contributed by atoms with Crippen molar-refractivity contribution in [1.29, 1.82) is 0 Å². The number of hydrogen-bond donors (Lipinski definition) is 2. The molecule has 196 valence electrons. The van der Waals surface area contributed by atoms with Crippen LogP contribution in [-0.2, 0) is 16.1 Å². The van der Waals surface area contributed by atoms with Crippen molar-refractivity contribution in [2.45, 2.75) is 84.5 Å². The smallest absolute Gasteiger partial charge is 0.248 e. The summed E-state index contributed by atoms with van der Waals surface area (Å²) >= 11 is 0. The van der Waals surface area contributed by atoms with Gasteiger partial charge in [0.15, 0.2) is 0 Å². The van der Waals surface area contributed by atoms with Gasteiger partial charge in [-0.1, -0.05) is 45.4 Å². The van der Waals surface area contributed by atoms with Gasteiger partial charge in [0.05, 0.1) is 17.5 Å². The fraction of sp³-hybridized carbons (Fsp3) is 0.607. The predicted octanol–water partition coefficient (Wildman–Crippen LogP) is 2.97. The van der Waals surface area contributed by atoms with Crippen molar-refractivity contribution < 1.29 is 14.7 Å². The molecule has 4 rings (SSSR count). The summed E-state index contributed by atoms with van der Waals surface area (Å²) in [5, 5.41) is 18.3. The van der Waals surface area contributed by atoms with Crippen molar-refractivity contribution in [3.05, 3.63) is 47.3 Å². The fourth-order valence-electron chi connectivity index (χ4n) is 5.62. The average molecular weight is 496 g/mol. The number of aromatic nitrogens is 2. The fourth-order valence-corrected chi connectivity index (χ4v) is 5.62. The van der Waals surface area contributed by atoms with Crippen LogP contribution in [0.2, 0.25) is 0 Å².